The molecule has 0 unspecified atom stereocenters. The van der Waals surface area contributed by atoms with Gasteiger partial charge < -0.3 is 9.80 Å². The van der Waals surface area contributed by atoms with E-state index in [1.807, 2.05) is 12.4 Å². The normalized spacial score (nSPS) is 15.1. The highest BCUT2D eigenvalue weighted by Crippen LogP contribution is 2.58. The van der Waals surface area contributed by atoms with Crippen molar-refractivity contribution in [2.45, 2.75) is 24.7 Å². The van der Waals surface area contributed by atoms with Crippen molar-refractivity contribution >= 4 is 34.1 Å². The average molecular weight is 618 g/mol. The second-order valence-corrected chi connectivity index (χ2v) is 13.2. The highest BCUT2D eigenvalue weighted by atomic mass is 15.2. The van der Waals surface area contributed by atoms with Crippen LogP contribution in [0.15, 0.2) is 176 Å². The number of para-hydroxylation sites is 3. The summed E-state index contributed by atoms with van der Waals surface area (Å²) in [6.07, 6.45) is 3.97. The molecule has 0 fully saturated rings. The quantitative estimate of drug-likeness (QED) is 0.196. The van der Waals surface area contributed by atoms with Crippen molar-refractivity contribution in [2.24, 2.45) is 0 Å². The number of rotatable bonds is 4. The van der Waals surface area contributed by atoms with E-state index in [0.29, 0.717) is 0 Å². The molecule has 1 aromatic heterocycles. The maximum absolute atomic E-state index is 4.74. The first-order chi connectivity index (χ1) is 23.6. The van der Waals surface area contributed by atoms with Gasteiger partial charge in [0.15, 0.2) is 0 Å². The second kappa shape index (κ2) is 10.8. The number of fused-ring (bicyclic) bond motifs is 4. The predicted molar refractivity (Wildman–Crippen MR) is 198 cm³/mol. The third-order valence-electron chi connectivity index (χ3n) is 10.4. The van der Waals surface area contributed by atoms with Crippen LogP contribution in [-0.4, -0.2) is 4.98 Å². The Balaban J connectivity index is 1.29. The largest absolute Gasteiger partial charge is 0.310 e. The lowest BCUT2D eigenvalue weighted by atomic mass is 9.62. The van der Waals surface area contributed by atoms with Gasteiger partial charge in [0.05, 0.1) is 34.4 Å². The number of nitrogens with zero attached hydrogens (tertiary/aromatic N) is 3. The highest BCUT2D eigenvalue weighted by Gasteiger charge is 2.46. The first-order valence-corrected chi connectivity index (χ1v) is 16.6. The Morgan fingerprint density at radius 2 is 0.854 bits per heavy atom. The van der Waals surface area contributed by atoms with E-state index in [0.717, 1.165) is 22.7 Å². The minimum Gasteiger partial charge on any atom is -0.310 e. The molecule has 0 saturated carbocycles. The summed E-state index contributed by atoms with van der Waals surface area (Å²) in [6, 6.07) is 59.6. The molecule has 48 heavy (non-hydrogen) atoms. The molecule has 3 nitrogen and oxygen atoms in total. The van der Waals surface area contributed by atoms with Gasteiger partial charge in [-0.15, -0.1) is 0 Å². The van der Waals surface area contributed by atoms with Crippen molar-refractivity contribution in [1.29, 1.82) is 0 Å². The van der Waals surface area contributed by atoms with Crippen LogP contribution in [0.25, 0.3) is 0 Å². The highest BCUT2D eigenvalue weighted by molar-refractivity contribution is 5.92. The van der Waals surface area contributed by atoms with Crippen LogP contribution in [0, 0.1) is 0 Å². The molecule has 0 bridgehead atoms. The van der Waals surface area contributed by atoms with Crippen molar-refractivity contribution in [3.05, 3.63) is 210 Å². The summed E-state index contributed by atoms with van der Waals surface area (Å²) < 4.78 is 0. The van der Waals surface area contributed by atoms with Crippen molar-refractivity contribution in [3.8, 4) is 0 Å². The Morgan fingerprint density at radius 3 is 1.42 bits per heavy atom. The number of anilines is 6. The fourth-order valence-electron chi connectivity index (χ4n) is 8.30. The minimum absolute atomic E-state index is 0.115. The Labute approximate surface area is 282 Å². The van der Waals surface area contributed by atoms with Gasteiger partial charge in [0.1, 0.15) is 0 Å². The summed E-state index contributed by atoms with van der Waals surface area (Å²) in [7, 11) is 0. The van der Waals surface area contributed by atoms with Gasteiger partial charge in [-0.3, -0.25) is 4.98 Å². The Hall–Kier alpha value is -5.93. The van der Waals surface area contributed by atoms with Gasteiger partial charge in [0.25, 0.3) is 0 Å². The minimum atomic E-state index is -0.526. The zero-order chi connectivity index (χ0) is 32.3. The van der Waals surface area contributed by atoms with Gasteiger partial charge in [-0.25, -0.2) is 0 Å². The first-order valence-electron chi connectivity index (χ1n) is 16.6. The van der Waals surface area contributed by atoms with Gasteiger partial charge >= 0.3 is 0 Å². The Morgan fingerprint density at radius 1 is 0.417 bits per heavy atom. The SMILES string of the molecule is CC1(C)c2ccccc2N(c2cccc(N3c4ccccc4C(c4ccccc4)(c4ccccc4)c4ccncc43)c2)c2ccccc21. The van der Waals surface area contributed by atoms with E-state index in [9.17, 15) is 0 Å². The van der Waals surface area contributed by atoms with E-state index in [2.05, 4.69) is 187 Å². The van der Waals surface area contributed by atoms with E-state index >= 15 is 0 Å². The maximum Gasteiger partial charge on any atom is 0.0743 e. The number of hydrogen-bond acceptors (Lipinski definition) is 3. The summed E-state index contributed by atoms with van der Waals surface area (Å²) >= 11 is 0. The molecule has 9 rings (SSSR count). The summed E-state index contributed by atoms with van der Waals surface area (Å²) in [5.41, 5.74) is 13.8. The molecule has 6 aromatic carbocycles. The van der Waals surface area contributed by atoms with Crippen LogP contribution in [0.4, 0.5) is 34.1 Å². The van der Waals surface area contributed by atoms with Gasteiger partial charge in [-0.1, -0.05) is 135 Å². The topological polar surface area (TPSA) is 19.4 Å². The van der Waals surface area contributed by atoms with Crippen LogP contribution in [0.5, 0.6) is 0 Å². The lowest BCUT2D eigenvalue weighted by Crippen LogP contribution is -2.37. The summed E-state index contributed by atoms with van der Waals surface area (Å²) in [6.45, 7) is 4.66. The average Bonchev–Trinajstić information content (AvgIpc) is 3.15. The molecule has 0 atom stereocenters. The van der Waals surface area contributed by atoms with Crippen molar-refractivity contribution in [3.63, 3.8) is 0 Å². The second-order valence-electron chi connectivity index (χ2n) is 13.2. The zero-order valence-corrected chi connectivity index (χ0v) is 27.1. The molecule has 3 heteroatoms. The van der Waals surface area contributed by atoms with Crippen LogP contribution in [0.2, 0.25) is 0 Å². The van der Waals surface area contributed by atoms with E-state index < -0.39 is 5.41 Å². The standard InChI is InChI=1S/C45H35N3/c1-44(2)36-22-9-12-25-40(36)47(41-26-13-10-23-37(41)44)34-20-15-21-35(30-34)48-42-27-14-11-24-38(42)45(32-16-5-3-6-17-32,33-18-7-4-8-19-33)39-28-29-46-31-43(39)48/h3-31H,1-2H3. The molecular formula is C45H35N3. The molecule has 0 amide bonds. The summed E-state index contributed by atoms with van der Waals surface area (Å²) in [4.78, 5) is 9.56. The molecule has 0 N–H and O–H groups in total. The van der Waals surface area contributed by atoms with E-state index in [1.165, 1.54) is 44.8 Å². The number of benzene rings is 6. The smallest absolute Gasteiger partial charge is 0.0743 e. The Kier molecular flexibility index (Phi) is 6.38. The maximum atomic E-state index is 4.74. The summed E-state index contributed by atoms with van der Waals surface area (Å²) in [5, 5.41) is 0. The molecule has 3 heterocycles. The third kappa shape index (κ3) is 3.97. The van der Waals surface area contributed by atoms with Crippen LogP contribution in [0.1, 0.15) is 47.2 Å². The van der Waals surface area contributed by atoms with Gasteiger partial charge in [-0.05, 0) is 75.8 Å². The van der Waals surface area contributed by atoms with Crippen LogP contribution in [0.3, 0.4) is 0 Å². The predicted octanol–water partition coefficient (Wildman–Crippen LogP) is 11.4. The molecule has 230 valence electrons. The monoisotopic (exact) mass is 617 g/mol. The number of pyridine rings is 1. The molecule has 0 saturated heterocycles. The molecule has 7 aromatic rings. The molecule has 2 aliphatic heterocycles. The van der Waals surface area contributed by atoms with E-state index in [-0.39, 0.29) is 5.41 Å². The van der Waals surface area contributed by atoms with Crippen LogP contribution >= 0.6 is 0 Å². The van der Waals surface area contributed by atoms with Gasteiger partial charge in [0, 0.05) is 23.0 Å². The lowest BCUT2D eigenvalue weighted by molar-refractivity contribution is 0.632. The van der Waals surface area contributed by atoms with E-state index in [4.69, 9.17) is 4.98 Å². The molecule has 0 aliphatic carbocycles. The number of hydrogen-bond donors (Lipinski definition) is 0. The molecule has 2 aliphatic rings. The zero-order valence-electron chi connectivity index (χ0n) is 27.1. The summed E-state index contributed by atoms with van der Waals surface area (Å²) in [5.74, 6) is 0. The first kappa shape index (κ1) is 28.3. The van der Waals surface area contributed by atoms with Gasteiger partial charge in [0.2, 0.25) is 0 Å². The lowest BCUT2D eigenvalue weighted by Gasteiger charge is -2.46. The Bertz CT molecular complexity index is 2150. The van der Waals surface area contributed by atoms with Gasteiger partial charge in [-0.2, -0.15) is 0 Å². The molecular weight excluding hydrogens is 583 g/mol. The molecule has 0 radical (unpaired) electrons. The fraction of sp³-hybridized carbons (Fsp3) is 0.0889. The van der Waals surface area contributed by atoms with Crippen LogP contribution in [-0.2, 0) is 10.8 Å². The third-order valence-corrected chi connectivity index (χ3v) is 10.4. The van der Waals surface area contributed by atoms with Crippen molar-refractivity contribution in [2.75, 3.05) is 9.80 Å². The van der Waals surface area contributed by atoms with Crippen LogP contribution < -0.4 is 9.80 Å². The molecule has 0 spiro atoms. The number of aromatic nitrogens is 1. The van der Waals surface area contributed by atoms with E-state index in [1.54, 1.807) is 0 Å². The fourth-order valence-corrected chi connectivity index (χ4v) is 8.30. The van der Waals surface area contributed by atoms with Crippen molar-refractivity contribution in [1.82, 2.24) is 4.98 Å². The van der Waals surface area contributed by atoms with Crippen molar-refractivity contribution < 1.29 is 0 Å².